The molecule has 1 aromatic carbocycles. The minimum Gasteiger partial charge on any atom is -0.341 e. The summed E-state index contributed by atoms with van der Waals surface area (Å²) >= 11 is 0. The Kier molecular flexibility index (Phi) is 7.15. The predicted molar refractivity (Wildman–Crippen MR) is 83.8 cm³/mol. The first kappa shape index (κ1) is 16.9. The molecule has 1 atom stereocenters. The van der Waals surface area contributed by atoms with Gasteiger partial charge in [-0.15, -0.1) is 0 Å². The van der Waals surface area contributed by atoms with Crippen molar-refractivity contribution in [2.75, 3.05) is 0 Å². The van der Waals surface area contributed by atoms with Crippen molar-refractivity contribution in [2.24, 2.45) is 5.10 Å². The third-order valence-electron chi connectivity index (χ3n) is 3.09. The number of nitrogens with one attached hydrogen (secondary N) is 2. The lowest BCUT2D eigenvalue weighted by Crippen LogP contribution is -2.39. The first-order chi connectivity index (χ1) is 10.0. The maximum atomic E-state index is 11.8. The number of carbonyl (C=O) groups excluding carboxylic acids is 2. The van der Waals surface area contributed by atoms with Crippen molar-refractivity contribution in [1.82, 2.24) is 10.7 Å². The first-order valence-electron chi connectivity index (χ1n) is 7.23. The third-order valence-corrected chi connectivity index (χ3v) is 3.09. The van der Waals surface area contributed by atoms with Gasteiger partial charge in [0.2, 0.25) is 0 Å². The first-order valence-corrected chi connectivity index (χ1v) is 7.23. The van der Waals surface area contributed by atoms with Crippen LogP contribution in [0.25, 0.3) is 0 Å². The van der Waals surface area contributed by atoms with E-state index in [-0.39, 0.29) is 6.04 Å². The fourth-order valence-corrected chi connectivity index (χ4v) is 1.77. The van der Waals surface area contributed by atoms with E-state index in [0.29, 0.717) is 0 Å². The van der Waals surface area contributed by atoms with E-state index in [4.69, 9.17) is 0 Å². The van der Waals surface area contributed by atoms with Gasteiger partial charge in [0.25, 0.3) is 0 Å². The van der Waals surface area contributed by atoms with E-state index in [9.17, 15) is 9.59 Å². The van der Waals surface area contributed by atoms with E-state index in [0.717, 1.165) is 30.5 Å². The lowest BCUT2D eigenvalue weighted by atomic mass is 10.1. The van der Waals surface area contributed by atoms with Crippen LogP contribution in [0.3, 0.4) is 0 Å². The second-order valence-corrected chi connectivity index (χ2v) is 5.00. The molecule has 21 heavy (non-hydrogen) atoms. The van der Waals surface area contributed by atoms with Crippen molar-refractivity contribution in [3.63, 3.8) is 0 Å². The monoisotopic (exact) mass is 289 g/mol. The van der Waals surface area contributed by atoms with Crippen LogP contribution in [0.5, 0.6) is 0 Å². The summed E-state index contributed by atoms with van der Waals surface area (Å²) in [4.78, 5) is 23.4. The third kappa shape index (κ3) is 6.21. The number of hydrogen-bond donors (Lipinski definition) is 2. The van der Waals surface area contributed by atoms with Gasteiger partial charge in [-0.3, -0.25) is 9.59 Å². The minimum atomic E-state index is -0.742. The largest absolute Gasteiger partial charge is 0.341 e. The summed E-state index contributed by atoms with van der Waals surface area (Å²) in [5.41, 5.74) is 4.04. The fraction of sp³-hybridized carbons (Fsp3) is 0.438. The number of nitrogens with zero attached hydrogens (tertiary/aromatic N) is 1. The summed E-state index contributed by atoms with van der Waals surface area (Å²) in [6.07, 6.45) is 2.90. The Labute approximate surface area is 125 Å². The molecule has 0 radical (unpaired) electrons. The maximum absolute atomic E-state index is 11.8. The molecule has 0 aromatic heterocycles. The van der Waals surface area contributed by atoms with E-state index in [1.54, 1.807) is 0 Å². The number of carbonyl (C=O) groups is 2. The van der Waals surface area contributed by atoms with Crippen molar-refractivity contribution in [1.29, 1.82) is 0 Å². The van der Waals surface area contributed by atoms with Crippen molar-refractivity contribution in [3.8, 4) is 0 Å². The van der Waals surface area contributed by atoms with Gasteiger partial charge in [0.05, 0.1) is 6.04 Å². The zero-order valence-electron chi connectivity index (χ0n) is 12.8. The molecule has 2 amide bonds. The highest BCUT2D eigenvalue weighted by atomic mass is 16.2. The normalized spacial score (nSPS) is 12.6. The quantitative estimate of drug-likeness (QED) is 0.480. The molecule has 0 unspecified atom stereocenters. The Morgan fingerprint density at radius 3 is 2.48 bits per heavy atom. The Balaban J connectivity index is 2.46. The number of unbranched alkanes of at least 4 members (excludes halogenated alkanes) is 1. The van der Waals surface area contributed by atoms with Crippen molar-refractivity contribution < 1.29 is 9.59 Å². The van der Waals surface area contributed by atoms with E-state index in [1.165, 1.54) is 0 Å². The minimum absolute atomic E-state index is 0.227. The van der Waals surface area contributed by atoms with Crippen molar-refractivity contribution >= 4 is 17.5 Å². The number of hydrazone groups is 1. The SMILES string of the molecule is CCCC/C(C)=N/NC(=O)C(=O)N[C@@H](C)c1ccccc1. The Hall–Kier alpha value is -2.17. The molecule has 0 bridgehead atoms. The molecular weight excluding hydrogens is 266 g/mol. The van der Waals surface area contributed by atoms with Crippen LogP contribution in [-0.2, 0) is 9.59 Å². The van der Waals surface area contributed by atoms with Crippen LogP contribution in [0.1, 0.15) is 51.6 Å². The summed E-state index contributed by atoms with van der Waals surface area (Å²) in [6, 6.07) is 9.25. The molecule has 1 rings (SSSR count). The number of amides is 2. The molecule has 2 N–H and O–H groups in total. The van der Waals surface area contributed by atoms with Crippen LogP contribution in [0, 0.1) is 0 Å². The standard InChI is InChI=1S/C16H23N3O2/c1-4-5-9-12(2)18-19-16(21)15(20)17-13(3)14-10-7-6-8-11-14/h6-8,10-11,13H,4-5,9H2,1-3H3,(H,17,20)(H,19,21)/b18-12+/t13-/m0/s1. The molecule has 0 saturated heterocycles. The Morgan fingerprint density at radius 2 is 1.86 bits per heavy atom. The molecule has 0 aliphatic rings. The van der Waals surface area contributed by atoms with Crippen LogP contribution in [-0.4, -0.2) is 17.5 Å². The second-order valence-electron chi connectivity index (χ2n) is 5.00. The van der Waals surface area contributed by atoms with Crippen LogP contribution >= 0.6 is 0 Å². The summed E-state index contributed by atoms with van der Waals surface area (Å²) in [5.74, 6) is -1.42. The molecule has 5 heteroatoms. The molecule has 0 aliphatic heterocycles. The van der Waals surface area contributed by atoms with Crippen LogP contribution < -0.4 is 10.7 Å². The van der Waals surface area contributed by atoms with Gasteiger partial charge in [-0.1, -0.05) is 43.7 Å². The summed E-state index contributed by atoms with van der Waals surface area (Å²) in [6.45, 7) is 5.75. The molecule has 0 spiro atoms. The van der Waals surface area contributed by atoms with Gasteiger partial charge in [0.1, 0.15) is 0 Å². The zero-order chi connectivity index (χ0) is 15.7. The molecule has 5 nitrogen and oxygen atoms in total. The smallest absolute Gasteiger partial charge is 0.329 e. The van der Waals surface area contributed by atoms with Crippen LogP contribution in [0.2, 0.25) is 0 Å². The molecule has 1 aromatic rings. The summed E-state index contributed by atoms with van der Waals surface area (Å²) in [7, 11) is 0. The molecule has 0 fully saturated rings. The molecular formula is C16H23N3O2. The second kappa shape index (κ2) is 8.89. The topological polar surface area (TPSA) is 70.6 Å². The van der Waals surface area contributed by atoms with E-state index in [1.807, 2.05) is 44.2 Å². The van der Waals surface area contributed by atoms with Gasteiger partial charge >= 0.3 is 11.8 Å². The Bertz CT molecular complexity index is 498. The average Bonchev–Trinajstić information content (AvgIpc) is 2.51. The number of rotatable bonds is 6. The van der Waals surface area contributed by atoms with Gasteiger partial charge < -0.3 is 5.32 Å². The summed E-state index contributed by atoms with van der Waals surface area (Å²) < 4.78 is 0. The van der Waals surface area contributed by atoms with E-state index >= 15 is 0 Å². The predicted octanol–water partition coefficient (Wildman–Crippen LogP) is 2.55. The van der Waals surface area contributed by atoms with Gasteiger partial charge in [-0.25, -0.2) is 5.43 Å². The van der Waals surface area contributed by atoms with Crippen molar-refractivity contribution in [3.05, 3.63) is 35.9 Å². The summed E-state index contributed by atoms with van der Waals surface area (Å²) in [5, 5.41) is 6.56. The highest BCUT2D eigenvalue weighted by molar-refractivity contribution is 6.35. The van der Waals surface area contributed by atoms with Gasteiger partial charge in [0, 0.05) is 5.71 Å². The van der Waals surface area contributed by atoms with Crippen LogP contribution in [0.15, 0.2) is 35.4 Å². The van der Waals surface area contributed by atoms with Gasteiger partial charge in [0.15, 0.2) is 0 Å². The van der Waals surface area contributed by atoms with Crippen molar-refractivity contribution in [2.45, 2.75) is 46.1 Å². The van der Waals surface area contributed by atoms with Gasteiger partial charge in [-0.2, -0.15) is 5.10 Å². The Morgan fingerprint density at radius 1 is 1.19 bits per heavy atom. The molecule has 0 heterocycles. The highest BCUT2D eigenvalue weighted by Crippen LogP contribution is 2.10. The maximum Gasteiger partial charge on any atom is 0.329 e. The van der Waals surface area contributed by atoms with Gasteiger partial charge in [-0.05, 0) is 32.3 Å². The van der Waals surface area contributed by atoms with E-state index in [2.05, 4.69) is 22.8 Å². The molecule has 0 saturated carbocycles. The molecule has 0 aliphatic carbocycles. The number of benzene rings is 1. The highest BCUT2D eigenvalue weighted by Gasteiger charge is 2.16. The lowest BCUT2D eigenvalue weighted by molar-refractivity contribution is -0.139. The zero-order valence-corrected chi connectivity index (χ0v) is 12.8. The number of hydrogen-bond acceptors (Lipinski definition) is 3. The molecule has 114 valence electrons. The van der Waals surface area contributed by atoms with Crippen LogP contribution in [0.4, 0.5) is 0 Å². The fourth-order valence-electron chi connectivity index (χ4n) is 1.77. The van der Waals surface area contributed by atoms with E-state index < -0.39 is 11.8 Å². The lowest BCUT2D eigenvalue weighted by Gasteiger charge is -2.13. The average molecular weight is 289 g/mol.